The molecule has 1 fully saturated rings. The highest BCUT2D eigenvalue weighted by molar-refractivity contribution is 4.92. The molecule has 3 nitrogen and oxygen atoms in total. The quantitative estimate of drug-likeness (QED) is 0.779. The largest absolute Gasteiger partial charge is 0.389 e. The van der Waals surface area contributed by atoms with E-state index in [1.165, 1.54) is 12.8 Å². The Kier molecular flexibility index (Phi) is 5.44. The highest BCUT2D eigenvalue weighted by Gasteiger charge is 2.36. The zero-order valence-corrected chi connectivity index (χ0v) is 13.8. The maximum Gasteiger partial charge on any atom is 0.0758 e. The Labute approximate surface area is 119 Å². The van der Waals surface area contributed by atoms with Crippen molar-refractivity contribution in [2.75, 3.05) is 26.2 Å². The van der Waals surface area contributed by atoms with Gasteiger partial charge in [0.05, 0.1) is 5.60 Å². The van der Waals surface area contributed by atoms with Crippen molar-refractivity contribution in [1.29, 1.82) is 0 Å². The molecular weight excluding hydrogens is 236 g/mol. The van der Waals surface area contributed by atoms with E-state index < -0.39 is 5.60 Å². The fraction of sp³-hybridized carbons (Fsp3) is 1.00. The molecule has 0 aliphatic carbocycles. The fourth-order valence-electron chi connectivity index (χ4n) is 2.88. The maximum absolute atomic E-state index is 10.1. The highest BCUT2D eigenvalue weighted by atomic mass is 16.3. The van der Waals surface area contributed by atoms with Crippen LogP contribution in [0.1, 0.15) is 60.8 Å². The molecular formula is C16H34N2O. The van der Waals surface area contributed by atoms with Gasteiger partial charge in [0.25, 0.3) is 0 Å². The van der Waals surface area contributed by atoms with Crippen molar-refractivity contribution in [1.82, 2.24) is 10.2 Å². The lowest BCUT2D eigenvalue weighted by atomic mass is 9.81. The molecule has 114 valence electrons. The fourth-order valence-corrected chi connectivity index (χ4v) is 2.88. The molecule has 1 heterocycles. The minimum Gasteiger partial charge on any atom is -0.389 e. The van der Waals surface area contributed by atoms with Gasteiger partial charge in [-0.3, -0.25) is 4.90 Å². The van der Waals surface area contributed by atoms with Gasteiger partial charge in [0.2, 0.25) is 0 Å². The van der Waals surface area contributed by atoms with E-state index in [4.69, 9.17) is 0 Å². The molecule has 19 heavy (non-hydrogen) atoms. The average molecular weight is 270 g/mol. The van der Waals surface area contributed by atoms with Crippen molar-refractivity contribution >= 4 is 0 Å². The smallest absolute Gasteiger partial charge is 0.0758 e. The molecule has 1 unspecified atom stereocenters. The normalized spacial score (nSPS) is 26.1. The summed E-state index contributed by atoms with van der Waals surface area (Å²) in [6.07, 6.45) is 3.28. The van der Waals surface area contributed by atoms with E-state index in [0.29, 0.717) is 5.41 Å². The lowest BCUT2D eigenvalue weighted by Crippen LogP contribution is -2.48. The van der Waals surface area contributed by atoms with Gasteiger partial charge in [-0.1, -0.05) is 13.8 Å². The highest BCUT2D eigenvalue weighted by Crippen LogP contribution is 2.31. The summed E-state index contributed by atoms with van der Waals surface area (Å²) in [4.78, 5) is 2.44. The van der Waals surface area contributed by atoms with E-state index in [1.54, 1.807) is 0 Å². The second-order valence-electron chi connectivity index (χ2n) is 7.77. The van der Waals surface area contributed by atoms with Crippen LogP contribution in [0.3, 0.4) is 0 Å². The molecule has 1 aliphatic heterocycles. The Morgan fingerprint density at radius 2 is 1.79 bits per heavy atom. The second-order valence-corrected chi connectivity index (χ2v) is 7.77. The van der Waals surface area contributed by atoms with Crippen LogP contribution in [0.15, 0.2) is 0 Å². The summed E-state index contributed by atoms with van der Waals surface area (Å²) >= 11 is 0. The van der Waals surface area contributed by atoms with Crippen LogP contribution in [0, 0.1) is 5.41 Å². The van der Waals surface area contributed by atoms with Gasteiger partial charge in [-0.15, -0.1) is 0 Å². The van der Waals surface area contributed by atoms with Crippen molar-refractivity contribution < 1.29 is 5.11 Å². The number of nitrogens with one attached hydrogen (secondary N) is 1. The number of rotatable bonds is 6. The van der Waals surface area contributed by atoms with Crippen LogP contribution in [0.2, 0.25) is 0 Å². The Bertz CT molecular complexity index is 277. The maximum atomic E-state index is 10.1. The molecule has 1 saturated heterocycles. The zero-order chi connectivity index (χ0) is 14.7. The van der Waals surface area contributed by atoms with E-state index in [2.05, 4.69) is 44.8 Å². The minimum atomic E-state index is -0.481. The zero-order valence-electron chi connectivity index (χ0n) is 13.8. The molecule has 0 aromatic carbocycles. The SMILES string of the molecule is CCC(CC)(CNC(C)(C)C)CN1CCC(C)(O)C1. The molecule has 0 bridgehead atoms. The van der Waals surface area contributed by atoms with Crippen LogP contribution < -0.4 is 5.32 Å². The summed E-state index contributed by atoms with van der Waals surface area (Å²) in [5.74, 6) is 0. The first-order valence-electron chi connectivity index (χ1n) is 7.81. The Morgan fingerprint density at radius 3 is 2.16 bits per heavy atom. The lowest BCUT2D eigenvalue weighted by Gasteiger charge is -2.38. The molecule has 2 N–H and O–H groups in total. The third-order valence-corrected chi connectivity index (χ3v) is 4.58. The third kappa shape index (κ3) is 5.41. The summed E-state index contributed by atoms with van der Waals surface area (Å²) in [7, 11) is 0. The molecule has 1 aliphatic rings. The second kappa shape index (κ2) is 6.11. The number of β-amino-alcohol motifs (C(OH)–C–C–N with tert-alkyl or cyclic N) is 1. The third-order valence-electron chi connectivity index (χ3n) is 4.58. The monoisotopic (exact) mass is 270 g/mol. The van der Waals surface area contributed by atoms with E-state index in [0.717, 1.165) is 32.6 Å². The molecule has 1 rings (SSSR count). The number of nitrogens with zero attached hydrogens (tertiary/aromatic N) is 1. The van der Waals surface area contributed by atoms with Gasteiger partial charge in [-0.2, -0.15) is 0 Å². The first-order valence-corrected chi connectivity index (χ1v) is 7.81. The molecule has 0 aromatic rings. The molecule has 0 spiro atoms. The van der Waals surface area contributed by atoms with Crippen molar-refractivity contribution in [2.45, 2.75) is 71.9 Å². The van der Waals surface area contributed by atoms with Gasteiger partial charge in [-0.25, -0.2) is 0 Å². The lowest BCUT2D eigenvalue weighted by molar-refractivity contribution is 0.0581. The summed E-state index contributed by atoms with van der Waals surface area (Å²) in [6.45, 7) is 17.2. The first-order chi connectivity index (χ1) is 8.61. The predicted octanol–water partition coefficient (Wildman–Crippen LogP) is 2.64. The number of aliphatic hydroxyl groups is 1. The number of hydrogen-bond donors (Lipinski definition) is 2. The summed E-state index contributed by atoms with van der Waals surface area (Å²) in [5.41, 5.74) is 0.0183. The standard InChI is InChI=1S/C16H34N2O/c1-7-16(8-2,11-17-14(3,4)5)13-18-10-9-15(6,19)12-18/h17,19H,7-13H2,1-6H3. The van der Waals surface area contributed by atoms with Crippen molar-refractivity contribution in [2.24, 2.45) is 5.41 Å². The molecule has 3 heteroatoms. The van der Waals surface area contributed by atoms with Crippen LogP contribution in [0.5, 0.6) is 0 Å². The van der Waals surface area contributed by atoms with Gasteiger partial charge in [-0.05, 0) is 52.4 Å². The first kappa shape index (κ1) is 16.9. The Hall–Kier alpha value is -0.120. The molecule has 0 radical (unpaired) electrons. The van der Waals surface area contributed by atoms with Crippen LogP contribution in [-0.4, -0.2) is 47.3 Å². The van der Waals surface area contributed by atoms with Crippen molar-refractivity contribution in [3.63, 3.8) is 0 Å². The number of hydrogen-bond acceptors (Lipinski definition) is 3. The van der Waals surface area contributed by atoms with Gasteiger partial charge in [0.1, 0.15) is 0 Å². The van der Waals surface area contributed by atoms with Crippen molar-refractivity contribution in [3.8, 4) is 0 Å². The number of likely N-dealkylation sites (tertiary alicyclic amines) is 1. The molecule has 0 aromatic heterocycles. The van der Waals surface area contributed by atoms with Crippen LogP contribution in [0.4, 0.5) is 0 Å². The summed E-state index contributed by atoms with van der Waals surface area (Å²) in [5, 5.41) is 13.8. The van der Waals surface area contributed by atoms with Gasteiger partial charge in [0.15, 0.2) is 0 Å². The average Bonchev–Trinajstić information content (AvgIpc) is 2.63. The van der Waals surface area contributed by atoms with E-state index in [-0.39, 0.29) is 5.54 Å². The molecule has 0 amide bonds. The molecule has 0 saturated carbocycles. The molecule has 1 atom stereocenters. The van der Waals surface area contributed by atoms with Gasteiger partial charge in [0, 0.05) is 31.7 Å². The Morgan fingerprint density at radius 1 is 1.21 bits per heavy atom. The summed E-state index contributed by atoms with van der Waals surface area (Å²) in [6, 6.07) is 0. The van der Waals surface area contributed by atoms with E-state index in [9.17, 15) is 5.11 Å². The van der Waals surface area contributed by atoms with Crippen LogP contribution in [0.25, 0.3) is 0 Å². The van der Waals surface area contributed by atoms with Crippen LogP contribution in [-0.2, 0) is 0 Å². The van der Waals surface area contributed by atoms with Crippen molar-refractivity contribution in [3.05, 3.63) is 0 Å². The summed E-state index contributed by atoms with van der Waals surface area (Å²) < 4.78 is 0. The topological polar surface area (TPSA) is 35.5 Å². The van der Waals surface area contributed by atoms with Gasteiger partial charge >= 0.3 is 0 Å². The van der Waals surface area contributed by atoms with E-state index in [1.807, 2.05) is 6.92 Å². The predicted molar refractivity (Wildman–Crippen MR) is 82.5 cm³/mol. The minimum absolute atomic E-state index is 0.173. The Balaban J connectivity index is 2.61. The van der Waals surface area contributed by atoms with E-state index >= 15 is 0 Å². The van der Waals surface area contributed by atoms with Gasteiger partial charge < -0.3 is 10.4 Å². The van der Waals surface area contributed by atoms with Crippen LogP contribution >= 0.6 is 0 Å².